The van der Waals surface area contributed by atoms with E-state index in [1.165, 1.54) is 11.5 Å². The van der Waals surface area contributed by atoms with Crippen LogP contribution >= 0.6 is 0 Å². The van der Waals surface area contributed by atoms with E-state index in [-0.39, 0.29) is 18.9 Å². The van der Waals surface area contributed by atoms with Gasteiger partial charge < -0.3 is 19.9 Å². The fourth-order valence-corrected chi connectivity index (χ4v) is 5.26. The summed E-state index contributed by atoms with van der Waals surface area (Å²) in [6.07, 6.45) is -1.66. The van der Waals surface area contributed by atoms with Crippen molar-refractivity contribution in [1.29, 1.82) is 0 Å². The molecule has 8 heteroatoms. The van der Waals surface area contributed by atoms with Gasteiger partial charge in [0.05, 0.1) is 5.52 Å². The maximum absolute atomic E-state index is 13.2. The topological polar surface area (TPSA) is 107 Å². The second-order valence-corrected chi connectivity index (χ2v) is 11.3. The van der Waals surface area contributed by atoms with Crippen LogP contribution in [0, 0.1) is 0 Å². The molecule has 5 rings (SSSR count). The molecule has 2 N–H and O–H groups in total. The third-order valence-corrected chi connectivity index (χ3v) is 7.09. The Balaban J connectivity index is 1.37. The highest BCUT2D eigenvalue weighted by molar-refractivity contribution is 5.92. The van der Waals surface area contributed by atoms with Crippen LogP contribution in [-0.2, 0) is 20.7 Å². The predicted octanol–water partition coefficient (Wildman–Crippen LogP) is 6.35. The van der Waals surface area contributed by atoms with Crippen LogP contribution in [0.15, 0.2) is 78.9 Å². The number of fused-ring (bicyclic) bond motifs is 4. The molecule has 1 heterocycles. The average Bonchev–Trinajstić information content (AvgIpc) is 3.41. The summed E-state index contributed by atoms with van der Waals surface area (Å²) in [5.74, 6) is -1.43. The van der Waals surface area contributed by atoms with Crippen molar-refractivity contribution in [2.45, 2.75) is 51.2 Å². The van der Waals surface area contributed by atoms with Gasteiger partial charge in [-0.1, -0.05) is 66.7 Å². The number of ether oxygens (including phenoxy) is 2. The monoisotopic (exact) mass is 540 g/mol. The van der Waals surface area contributed by atoms with Gasteiger partial charge in [-0.15, -0.1) is 0 Å². The molecule has 1 amide bonds. The number of hydrogen-bond acceptors (Lipinski definition) is 5. The maximum atomic E-state index is 13.2. The fourth-order valence-electron chi connectivity index (χ4n) is 5.26. The van der Waals surface area contributed by atoms with Crippen LogP contribution in [0.1, 0.15) is 50.4 Å². The second-order valence-electron chi connectivity index (χ2n) is 11.3. The molecule has 0 unspecified atom stereocenters. The molecular formula is C32H32N2O6. The van der Waals surface area contributed by atoms with Crippen LogP contribution in [0.5, 0.6) is 0 Å². The average molecular weight is 541 g/mol. The number of alkyl carbamates (subject to hydrolysis) is 1. The van der Waals surface area contributed by atoms with Crippen molar-refractivity contribution >= 4 is 29.1 Å². The summed E-state index contributed by atoms with van der Waals surface area (Å²) < 4.78 is 12.6. The summed E-state index contributed by atoms with van der Waals surface area (Å²) in [6, 6.07) is 24.9. The van der Waals surface area contributed by atoms with Gasteiger partial charge in [0.2, 0.25) is 0 Å². The molecule has 0 aliphatic heterocycles. The third-order valence-electron chi connectivity index (χ3n) is 7.09. The van der Waals surface area contributed by atoms with E-state index < -0.39 is 29.3 Å². The number of aliphatic carboxylic acids is 1. The van der Waals surface area contributed by atoms with Crippen molar-refractivity contribution < 1.29 is 29.0 Å². The Labute approximate surface area is 232 Å². The number of hydrogen-bond donors (Lipinski definition) is 2. The Hall–Kier alpha value is -4.59. The largest absolute Gasteiger partial charge is 0.480 e. The number of rotatable bonds is 6. The van der Waals surface area contributed by atoms with Crippen molar-refractivity contribution in [3.8, 4) is 11.1 Å². The number of carboxylic acid groups (broad SMARTS) is 1. The summed E-state index contributed by atoms with van der Waals surface area (Å²) in [5.41, 5.74) is 2.75. The Morgan fingerprint density at radius 3 is 2.05 bits per heavy atom. The Kier molecular flexibility index (Phi) is 6.87. The lowest BCUT2D eigenvalue weighted by atomic mass is 9.96. The third kappa shape index (κ3) is 5.17. The number of aromatic nitrogens is 1. The highest BCUT2D eigenvalue weighted by Gasteiger charge is 2.38. The van der Waals surface area contributed by atoms with Crippen LogP contribution in [0.4, 0.5) is 9.59 Å². The normalized spacial score (nSPS) is 14.2. The Morgan fingerprint density at radius 2 is 1.45 bits per heavy atom. The van der Waals surface area contributed by atoms with Gasteiger partial charge in [0.1, 0.15) is 17.7 Å². The molecule has 1 aromatic heterocycles. The smallest absolute Gasteiger partial charge is 0.419 e. The first-order valence-corrected chi connectivity index (χ1v) is 13.2. The van der Waals surface area contributed by atoms with Gasteiger partial charge in [-0.3, -0.25) is 0 Å². The molecule has 0 fully saturated rings. The molecule has 206 valence electrons. The number of carbonyl (C=O) groups excluding carboxylic acids is 2. The van der Waals surface area contributed by atoms with E-state index in [4.69, 9.17) is 9.47 Å². The molecule has 3 aromatic carbocycles. The van der Waals surface area contributed by atoms with Crippen molar-refractivity contribution in [3.63, 3.8) is 0 Å². The SMILES string of the molecule is CC(C)(C)OC(=O)n1c(C[C@@](C)(NC(=O)OCC2c3ccccc3-c3ccccc32)C(=O)O)cc2ccccc21. The maximum Gasteiger partial charge on any atom is 0.419 e. The van der Waals surface area contributed by atoms with Crippen LogP contribution in [-0.4, -0.2) is 45.6 Å². The lowest BCUT2D eigenvalue weighted by Crippen LogP contribution is -2.54. The molecule has 0 spiro atoms. The second kappa shape index (κ2) is 10.2. The summed E-state index contributed by atoms with van der Waals surface area (Å²) in [4.78, 5) is 38.7. The fraction of sp³-hybridized carbons (Fsp3) is 0.281. The van der Waals surface area contributed by atoms with Gasteiger partial charge in [0, 0.05) is 23.4 Å². The minimum absolute atomic E-state index is 0.0493. The van der Waals surface area contributed by atoms with Crippen LogP contribution in [0.2, 0.25) is 0 Å². The predicted molar refractivity (Wildman–Crippen MR) is 152 cm³/mol. The standard InChI is InChI=1S/C32H32N2O6/c1-31(2,3)40-30(38)34-21(17-20-11-5-10-16-27(20)34)18-32(4,28(35)36)33-29(37)39-19-26-24-14-8-6-12-22(24)23-13-7-9-15-25(23)26/h5-17,26H,18-19H2,1-4H3,(H,33,37)(H,35,36)/t32-/m1/s1. The first kappa shape index (κ1) is 27.0. The van der Waals surface area contributed by atoms with Crippen molar-refractivity contribution in [2.24, 2.45) is 0 Å². The van der Waals surface area contributed by atoms with E-state index in [0.29, 0.717) is 11.2 Å². The molecule has 0 saturated heterocycles. The van der Waals surface area contributed by atoms with E-state index in [1.54, 1.807) is 39.0 Å². The lowest BCUT2D eigenvalue weighted by molar-refractivity contribution is -0.144. The lowest BCUT2D eigenvalue weighted by Gasteiger charge is -2.27. The van der Waals surface area contributed by atoms with Gasteiger partial charge in [-0.05, 0) is 62.1 Å². The van der Waals surface area contributed by atoms with Crippen molar-refractivity contribution in [1.82, 2.24) is 9.88 Å². The number of amides is 1. The van der Waals surface area contributed by atoms with Crippen molar-refractivity contribution in [2.75, 3.05) is 6.61 Å². The summed E-state index contributed by atoms with van der Waals surface area (Å²) >= 11 is 0. The molecule has 0 bridgehead atoms. The van der Waals surface area contributed by atoms with E-state index in [9.17, 15) is 19.5 Å². The van der Waals surface area contributed by atoms with Crippen molar-refractivity contribution in [3.05, 3.63) is 95.7 Å². The van der Waals surface area contributed by atoms with Gasteiger partial charge in [0.25, 0.3) is 0 Å². The zero-order valence-electron chi connectivity index (χ0n) is 22.9. The zero-order chi connectivity index (χ0) is 28.7. The van der Waals surface area contributed by atoms with E-state index >= 15 is 0 Å². The number of carbonyl (C=O) groups is 3. The van der Waals surface area contributed by atoms with E-state index in [2.05, 4.69) is 5.32 Å². The molecule has 1 aliphatic rings. The molecule has 40 heavy (non-hydrogen) atoms. The summed E-state index contributed by atoms with van der Waals surface area (Å²) in [5, 5.41) is 13.5. The minimum atomic E-state index is -1.77. The molecule has 1 atom stereocenters. The number of benzene rings is 3. The number of para-hydroxylation sites is 1. The van der Waals surface area contributed by atoms with E-state index in [1.807, 2.05) is 60.7 Å². The summed E-state index contributed by atoms with van der Waals surface area (Å²) in [6.45, 7) is 6.73. The van der Waals surface area contributed by atoms with Gasteiger partial charge in [-0.2, -0.15) is 0 Å². The molecule has 0 saturated carbocycles. The molecule has 1 aliphatic carbocycles. The Bertz CT molecular complexity index is 1570. The van der Waals surface area contributed by atoms with Crippen LogP contribution in [0.3, 0.4) is 0 Å². The highest BCUT2D eigenvalue weighted by atomic mass is 16.6. The molecular weight excluding hydrogens is 508 g/mol. The van der Waals surface area contributed by atoms with Gasteiger partial charge in [-0.25, -0.2) is 19.0 Å². The quantitative estimate of drug-likeness (QED) is 0.295. The molecule has 8 nitrogen and oxygen atoms in total. The minimum Gasteiger partial charge on any atom is -0.480 e. The molecule has 0 radical (unpaired) electrons. The van der Waals surface area contributed by atoms with Gasteiger partial charge in [0.15, 0.2) is 0 Å². The first-order valence-electron chi connectivity index (χ1n) is 13.2. The number of carboxylic acids is 1. The number of nitrogens with zero attached hydrogens (tertiary/aromatic N) is 1. The van der Waals surface area contributed by atoms with Crippen LogP contribution in [0.25, 0.3) is 22.0 Å². The molecule has 4 aromatic rings. The number of nitrogens with one attached hydrogen (secondary N) is 1. The van der Waals surface area contributed by atoms with Gasteiger partial charge >= 0.3 is 18.2 Å². The van der Waals surface area contributed by atoms with E-state index in [0.717, 1.165) is 27.6 Å². The van der Waals surface area contributed by atoms with Crippen LogP contribution < -0.4 is 5.32 Å². The highest BCUT2D eigenvalue weighted by Crippen LogP contribution is 2.44. The first-order chi connectivity index (χ1) is 19.0. The zero-order valence-corrected chi connectivity index (χ0v) is 22.9. The summed E-state index contributed by atoms with van der Waals surface area (Å²) in [7, 11) is 0. The Morgan fingerprint density at radius 1 is 0.875 bits per heavy atom.